The third kappa shape index (κ3) is 4.45. The summed E-state index contributed by atoms with van der Waals surface area (Å²) in [6.07, 6.45) is 7.36. The Morgan fingerprint density at radius 1 is 1.00 bits per heavy atom. The maximum atomic E-state index is 12.5. The fourth-order valence-corrected chi connectivity index (χ4v) is 3.22. The third-order valence-electron chi connectivity index (χ3n) is 4.61. The summed E-state index contributed by atoms with van der Waals surface area (Å²) in [5.74, 6) is 1.19. The quantitative estimate of drug-likeness (QED) is 0.822. The summed E-state index contributed by atoms with van der Waals surface area (Å²) < 4.78 is 10.6. The van der Waals surface area contributed by atoms with Gasteiger partial charge in [-0.05, 0) is 37.1 Å². The minimum absolute atomic E-state index is 0.118. The molecule has 2 N–H and O–H groups in total. The first-order valence-corrected chi connectivity index (χ1v) is 8.95. The van der Waals surface area contributed by atoms with Crippen molar-refractivity contribution < 1.29 is 14.3 Å². The number of pyridine rings is 1. The van der Waals surface area contributed by atoms with Gasteiger partial charge < -0.3 is 20.1 Å². The molecule has 0 saturated heterocycles. The molecule has 1 heterocycles. The van der Waals surface area contributed by atoms with Crippen molar-refractivity contribution in [3.63, 3.8) is 0 Å². The minimum Gasteiger partial charge on any atom is -0.493 e. The molecule has 1 aromatic carbocycles. The highest BCUT2D eigenvalue weighted by Gasteiger charge is 2.17. The monoisotopic (exact) mass is 355 g/mol. The highest BCUT2D eigenvalue weighted by atomic mass is 16.5. The average molecular weight is 355 g/mol. The van der Waals surface area contributed by atoms with Crippen LogP contribution < -0.4 is 20.1 Å². The maximum Gasteiger partial charge on any atom is 0.270 e. The third-order valence-corrected chi connectivity index (χ3v) is 4.61. The number of benzene rings is 1. The first-order valence-electron chi connectivity index (χ1n) is 8.95. The summed E-state index contributed by atoms with van der Waals surface area (Å²) in [7, 11) is 3.20. The number of anilines is 2. The Labute approximate surface area is 153 Å². The molecule has 6 heteroatoms. The largest absolute Gasteiger partial charge is 0.493 e. The molecule has 0 aliphatic heterocycles. The van der Waals surface area contributed by atoms with Crippen molar-refractivity contribution in [2.24, 2.45) is 0 Å². The van der Waals surface area contributed by atoms with Gasteiger partial charge in [0.25, 0.3) is 5.91 Å². The summed E-state index contributed by atoms with van der Waals surface area (Å²) in [6.45, 7) is 0. The van der Waals surface area contributed by atoms with Gasteiger partial charge in [-0.3, -0.25) is 9.78 Å². The number of methoxy groups -OCH3 is 2. The van der Waals surface area contributed by atoms with Crippen LogP contribution in [0.5, 0.6) is 11.5 Å². The number of nitrogens with one attached hydrogen (secondary N) is 2. The second-order valence-corrected chi connectivity index (χ2v) is 6.43. The fraction of sp³-hybridized carbons (Fsp3) is 0.400. The zero-order valence-corrected chi connectivity index (χ0v) is 15.2. The highest BCUT2D eigenvalue weighted by Crippen LogP contribution is 2.31. The number of carbonyl (C=O) groups excluding carboxylic acids is 1. The Bertz CT molecular complexity index is 758. The molecule has 1 fully saturated rings. The molecule has 0 radical (unpaired) electrons. The van der Waals surface area contributed by atoms with Crippen molar-refractivity contribution in [2.45, 2.75) is 38.1 Å². The molecular weight excluding hydrogens is 330 g/mol. The van der Waals surface area contributed by atoms with Gasteiger partial charge in [-0.25, -0.2) is 0 Å². The van der Waals surface area contributed by atoms with Crippen molar-refractivity contribution in [3.8, 4) is 11.5 Å². The van der Waals surface area contributed by atoms with Gasteiger partial charge in [-0.15, -0.1) is 0 Å². The standard InChI is InChI=1S/C20H25N3O3/c1-25-18-9-8-15(13-19(18)26-2)22-16-10-11-21-17(12-16)20(24)23-14-6-4-3-5-7-14/h8-14H,3-7H2,1-2H3,(H,21,22)(H,23,24). The second-order valence-electron chi connectivity index (χ2n) is 6.43. The molecule has 1 aliphatic rings. The van der Waals surface area contributed by atoms with Gasteiger partial charge in [0.05, 0.1) is 14.2 Å². The zero-order valence-electron chi connectivity index (χ0n) is 15.2. The number of rotatable bonds is 6. The summed E-state index contributed by atoms with van der Waals surface area (Å²) in [4.78, 5) is 16.7. The van der Waals surface area contributed by atoms with Crippen LogP contribution >= 0.6 is 0 Å². The van der Waals surface area contributed by atoms with E-state index in [0.717, 1.165) is 24.2 Å². The van der Waals surface area contributed by atoms with E-state index in [9.17, 15) is 4.79 Å². The number of ether oxygens (including phenoxy) is 2. The molecule has 1 amide bonds. The molecule has 0 spiro atoms. The van der Waals surface area contributed by atoms with E-state index < -0.39 is 0 Å². The van der Waals surface area contributed by atoms with Gasteiger partial charge in [0.2, 0.25) is 0 Å². The van der Waals surface area contributed by atoms with Crippen LogP contribution in [0.1, 0.15) is 42.6 Å². The number of amides is 1. The smallest absolute Gasteiger partial charge is 0.270 e. The lowest BCUT2D eigenvalue weighted by molar-refractivity contribution is 0.0922. The van der Waals surface area contributed by atoms with E-state index in [1.54, 1.807) is 26.5 Å². The summed E-state index contributed by atoms with van der Waals surface area (Å²) in [5, 5.41) is 6.37. The van der Waals surface area contributed by atoms with E-state index in [-0.39, 0.29) is 11.9 Å². The minimum atomic E-state index is -0.118. The number of nitrogens with zero attached hydrogens (tertiary/aromatic N) is 1. The van der Waals surface area contributed by atoms with Crippen LogP contribution in [0, 0.1) is 0 Å². The summed E-state index contributed by atoms with van der Waals surface area (Å²) >= 11 is 0. The molecule has 0 unspecified atom stereocenters. The molecule has 26 heavy (non-hydrogen) atoms. The van der Waals surface area contributed by atoms with Crippen LogP contribution in [-0.4, -0.2) is 31.2 Å². The first-order chi connectivity index (χ1) is 12.7. The Hall–Kier alpha value is -2.76. The lowest BCUT2D eigenvalue weighted by Gasteiger charge is -2.22. The van der Waals surface area contributed by atoms with Crippen LogP contribution in [0.3, 0.4) is 0 Å². The highest BCUT2D eigenvalue weighted by molar-refractivity contribution is 5.93. The van der Waals surface area contributed by atoms with Gasteiger partial charge >= 0.3 is 0 Å². The van der Waals surface area contributed by atoms with Gasteiger partial charge in [-0.2, -0.15) is 0 Å². The average Bonchev–Trinajstić information content (AvgIpc) is 2.69. The van der Waals surface area contributed by atoms with Gasteiger partial charge in [-0.1, -0.05) is 19.3 Å². The van der Waals surface area contributed by atoms with E-state index in [2.05, 4.69) is 15.6 Å². The molecule has 2 aromatic rings. The van der Waals surface area contributed by atoms with E-state index in [1.807, 2.05) is 24.3 Å². The normalized spacial score (nSPS) is 14.5. The molecule has 1 aliphatic carbocycles. The zero-order chi connectivity index (χ0) is 18.4. The number of hydrogen-bond donors (Lipinski definition) is 2. The first kappa shape index (κ1) is 18.0. The molecule has 1 aromatic heterocycles. The van der Waals surface area contributed by atoms with Gasteiger partial charge in [0.15, 0.2) is 11.5 Å². The van der Waals surface area contributed by atoms with Crippen LogP contribution in [0.25, 0.3) is 0 Å². The number of hydrogen-bond acceptors (Lipinski definition) is 5. The van der Waals surface area contributed by atoms with Crippen molar-refractivity contribution in [3.05, 3.63) is 42.2 Å². The molecule has 0 bridgehead atoms. The van der Waals surface area contributed by atoms with E-state index in [0.29, 0.717) is 17.2 Å². The van der Waals surface area contributed by atoms with Crippen molar-refractivity contribution in [2.75, 3.05) is 19.5 Å². The number of carbonyl (C=O) groups is 1. The molecule has 1 saturated carbocycles. The predicted molar refractivity (Wildman–Crippen MR) is 101 cm³/mol. The Morgan fingerprint density at radius 3 is 2.46 bits per heavy atom. The molecule has 6 nitrogen and oxygen atoms in total. The Morgan fingerprint density at radius 2 is 1.73 bits per heavy atom. The SMILES string of the molecule is COc1ccc(Nc2ccnc(C(=O)NC3CCCCC3)c2)cc1OC. The van der Waals surface area contributed by atoms with Gasteiger partial charge in [0.1, 0.15) is 5.69 Å². The van der Waals surface area contributed by atoms with Crippen LogP contribution in [0.2, 0.25) is 0 Å². The van der Waals surface area contributed by atoms with E-state index >= 15 is 0 Å². The van der Waals surface area contributed by atoms with Crippen molar-refractivity contribution >= 4 is 17.3 Å². The molecule has 138 valence electrons. The van der Waals surface area contributed by atoms with Crippen molar-refractivity contribution in [1.29, 1.82) is 0 Å². The maximum absolute atomic E-state index is 12.5. The van der Waals surface area contributed by atoms with E-state index in [1.165, 1.54) is 19.3 Å². The number of aromatic nitrogens is 1. The van der Waals surface area contributed by atoms with Gasteiger partial charge in [0, 0.05) is 29.7 Å². The summed E-state index contributed by atoms with van der Waals surface area (Å²) in [5.41, 5.74) is 2.05. The molecule has 0 atom stereocenters. The Kier molecular flexibility index (Phi) is 5.94. The lowest BCUT2D eigenvalue weighted by atomic mass is 9.95. The molecular formula is C20H25N3O3. The predicted octanol–water partition coefficient (Wildman–Crippen LogP) is 3.90. The van der Waals surface area contributed by atoms with Crippen LogP contribution in [0.4, 0.5) is 11.4 Å². The van der Waals surface area contributed by atoms with Crippen LogP contribution in [0.15, 0.2) is 36.5 Å². The van der Waals surface area contributed by atoms with E-state index in [4.69, 9.17) is 9.47 Å². The van der Waals surface area contributed by atoms with Crippen molar-refractivity contribution in [1.82, 2.24) is 10.3 Å². The van der Waals surface area contributed by atoms with Crippen LogP contribution in [-0.2, 0) is 0 Å². The summed E-state index contributed by atoms with van der Waals surface area (Å²) in [6, 6.07) is 9.42. The lowest BCUT2D eigenvalue weighted by Crippen LogP contribution is -2.36. The fourth-order valence-electron chi connectivity index (χ4n) is 3.22. The Balaban J connectivity index is 1.69. The molecule has 3 rings (SSSR count). The topological polar surface area (TPSA) is 72.5 Å². The second kappa shape index (κ2) is 8.56.